The number of hydrogen-bond donors (Lipinski definition) is 1. The fourth-order valence-corrected chi connectivity index (χ4v) is 5.35. The molecule has 3 aromatic rings. The van der Waals surface area contributed by atoms with E-state index in [0.717, 1.165) is 58.8 Å². The first-order valence-corrected chi connectivity index (χ1v) is 13.3. The van der Waals surface area contributed by atoms with Gasteiger partial charge in [-0.1, -0.05) is 39.0 Å². The number of nitrogens with zero attached hydrogens (tertiary/aromatic N) is 2. The van der Waals surface area contributed by atoms with Crippen LogP contribution in [0.1, 0.15) is 57.2 Å². The molecule has 1 aliphatic heterocycles. The molecular weight excluding hydrogens is 458 g/mol. The lowest BCUT2D eigenvalue weighted by atomic mass is 10.0. The molecule has 0 radical (unpaired) electrons. The van der Waals surface area contributed by atoms with Crippen LogP contribution < -0.4 is 15.0 Å². The molecule has 0 spiro atoms. The number of nitrogens with one attached hydrogen (secondary N) is 1. The van der Waals surface area contributed by atoms with Gasteiger partial charge in [-0.25, -0.2) is 4.98 Å². The fraction of sp³-hybridized carbons (Fsp3) is 0.393. The summed E-state index contributed by atoms with van der Waals surface area (Å²) in [5.74, 6) is 0.132. The lowest BCUT2D eigenvalue weighted by Crippen LogP contribution is -2.52. The summed E-state index contributed by atoms with van der Waals surface area (Å²) >= 11 is 1.64. The smallest absolute Gasteiger partial charge is 0.268 e. The van der Waals surface area contributed by atoms with Crippen LogP contribution in [0.5, 0.6) is 5.75 Å². The first kappa shape index (κ1) is 24.9. The number of carbonyl (C=O) groups excluding carboxylic acids is 2. The van der Waals surface area contributed by atoms with E-state index in [1.165, 1.54) is 0 Å². The van der Waals surface area contributed by atoms with Crippen LogP contribution in [0.4, 0.5) is 11.4 Å². The van der Waals surface area contributed by atoms with Crippen LogP contribution in [0.15, 0.2) is 41.8 Å². The Morgan fingerprint density at radius 1 is 1.17 bits per heavy atom. The largest absolute Gasteiger partial charge is 0.479 e. The summed E-state index contributed by atoms with van der Waals surface area (Å²) in [5, 5.41) is 6.25. The van der Waals surface area contributed by atoms with Crippen molar-refractivity contribution in [1.82, 2.24) is 4.98 Å². The molecule has 7 heteroatoms. The first-order chi connectivity index (χ1) is 16.9. The molecule has 1 N–H and O–H groups in total. The molecule has 0 fully saturated rings. The normalized spacial score (nSPS) is 16.0. The highest BCUT2D eigenvalue weighted by atomic mass is 32.1. The van der Waals surface area contributed by atoms with Crippen LogP contribution in [-0.4, -0.2) is 28.9 Å². The molecular formula is C28H33N3O3S. The number of rotatable bonds is 8. The maximum atomic E-state index is 13.5. The van der Waals surface area contributed by atoms with Crippen molar-refractivity contribution >= 4 is 34.5 Å². The zero-order valence-corrected chi connectivity index (χ0v) is 21.9. The summed E-state index contributed by atoms with van der Waals surface area (Å²) in [7, 11) is 0. The van der Waals surface area contributed by atoms with Gasteiger partial charge in [0.2, 0.25) is 5.91 Å². The Balaban J connectivity index is 1.68. The minimum Gasteiger partial charge on any atom is -0.479 e. The standard InChI is InChI=1S/C28H33N3O3S/c1-6-10-25-29-22(16-35-25)21-13-14-24-23(15-21)31(28(33)18(5)34-24)17(4)27(32)30-26-19(7-2)11-9-12-20(26)8-3/h9,11-18H,6-8,10H2,1-5H3,(H,30,32). The van der Waals surface area contributed by atoms with Crippen LogP contribution in [-0.2, 0) is 28.9 Å². The van der Waals surface area contributed by atoms with Gasteiger partial charge in [0.15, 0.2) is 6.10 Å². The predicted molar refractivity (Wildman–Crippen MR) is 142 cm³/mol. The summed E-state index contributed by atoms with van der Waals surface area (Å²) in [6.45, 7) is 9.77. The van der Waals surface area contributed by atoms with Gasteiger partial charge < -0.3 is 10.1 Å². The fourth-order valence-electron chi connectivity index (χ4n) is 4.44. The molecule has 2 unspecified atom stereocenters. The third kappa shape index (κ3) is 4.96. The third-order valence-electron chi connectivity index (χ3n) is 6.43. The molecule has 0 bridgehead atoms. The number of thiazole rings is 1. The highest BCUT2D eigenvalue weighted by molar-refractivity contribution is 7.09. The summed E-state index contributed by atoms with van der Waals surface area (Å²) in [6, 6.07) is 11.1. The highest BCUT2D eigenvalue weighted by Crippen LogP contribution is 2.39. The molecule has 2 atom stereocenters. The molecule has 0 aliphatic carbocycles. The van der Waals surface area contributed by atoms with Gasteiger partial charge in [-0.15, -0.1) is 11.3 Å². The molecule has 6 nitrogen and oxygen atoms in total. The van der Waals surface area contributed by atoms with Crippen LogP contribution in [0.3, 0.4) is 0 Å². The molecule has 2 aromatic carbocycles. The van der Waals surface area contributed by atoms with E-state index in [1.807, 2.05) is 41.8 Å². The van der Waals surface area contributed by atoms with E-state index in [2.05, 4.69) is 26.1 Å². The van der Waals surface area contributed by atoms with Crippen LogP contribution in [0.25, 0.3) is 11.3 Å². The number of aryl methyl sites for hydroxylation is 3. The molecule has 2 amide bonds. The maximum Gasteiger partial charge on any atom is 0.268 e. The Kier molecular flexibility index (Phi) is 7.55. The van der Waals surface area contributed by atoms with E-state index in [-0.39, 0.29) is 11.8 Å². The van der Waals surface area contributed by atoms with Crippen molar-refractivity contribution in [2.75, 3.05) is 10.2 Å². The van der Waals surface area contributed by atoms with Crippen LogP contribution in [0, 0.1) is 0 Å². The second-order valence-electron chi connectivity index (χ2n) is 8.85. The SMILES string of the molecule is CCCc1nc(-c2ccc3c(c2)N(C(C)C(=O)Nc2c(CC)cccc2CC)C(=O)C(C)O3)cs1. The lowest BCUT2D eigenvalue weighted by molar-refractivity contribution is -0.128. The lowest BCUT2D eigenvalue weighted by Gasteiger charge is -2.36. The molecule has 2 heterocycles. The molecule has 4 rings (SSSR count). The number of aromatic nitrogens is 1. The van der Waals surface area contributed by atoms with Gasteiger partial charge in [0.1, 0.15) is 11.8 Å². The Hall–Kier alpha value is -3.19. The summed E-state index contributed by atoms with van der Waals surface area (Å²) in [4.78, 5) is 33.1. The van der Waals surface area contributed by atoms with E-state index in [0.29, 0.717) is 11.4 Å². The number of fused-ring (bicyclic) bond motifs is 1. The van der Waals surface area contributed by atoms with Gasteiger partial charge in [-0.2, -0.15) is 0 Å². The average molecular weight is 492 g/mol. The Labute approximate surface area is 211 Å². The number of anilines is 2. The highest BCUT2D eigenvalue weighted by Gasteiger charge is 2.37. The molecule has 1 aromatic heterocycles. The van der Waals surface area contributed by atoms with Crippen molar-refractivity contribution in [3.63, 3.8) is 0 Å². The van der Waals surface area contributed by atoms with Gasteiger partial charge in [-0.05, 0) is 68.9 Å². The van der Waals surface area contributed by atoms with Gasteiger partial charge in [0.05, 0.1) is 16.4 Å². The third-order valence-corrected chi connectivity index (χ3v) is 7.34. The number of carbonyl (C=O) groups is 2. The zero-order chi connectivity index (χ0) is 25.1. The van der Waals surface area contributed by atoms with E-state index in [4.69, 9.17) is 9.72 Å². The number of benzene rings is 2. The van der Waals surface area contributed by atoms with E-state index < -0.39 is 12.1 Å². The number of para-hydroxylation sites is 1. The van der Waals surface area contributed by atoms with Crippen molar-refractivity contribution in [2.45, 2.75) is 72.4 Å². The van der Waals surface area contributed by atoms with Gasteiger partial charge in [-0.3, -0.25) is 14.5 Å². The molecule has 0 saturated carbocycles. The Bertz CT molecular complexity index is 1210. The first-order valence-electron chi connectivity index (χ1n) is 12.4. The van der Waals surface area contributed by atoms with Crippen LogP contribution in [0.2, 0.25) is 0 Å². The predicted octanol–water partition coefficient (Wildman–Crippen LogP) is 6.03. The number of ether oxygens (including phenoxy) is 1. The van der Waals surface area contributed by atoms with Crippen molar-refractivity contribution in [3.8, 4) is 17.0 Å². The van der Waals surface area contributed by atoms with Gasteiger partial charge in [0, 0.05) is 16.6 Å². The molecule has 1 aliphatic rings. The van der Waals surface area contributed by atoms with E-state index in [1.54, 1.807) is 30.1 Å². The molecule has 35 heavy (non-hydrogen) atoms. The quantitative estimate of drug-likeness (QED) is 0.418. The zero-order valence-electron chi connectivity index (χ0n) is 21.1. The summed E-state index contributed by atoms with van der Waals surface area (Å²) in [5.41, 5.74) is 5.38. The summed E-state index contributed by atoms with van der Waals surface area (Å²) in [6.07, 6.45) is 2.93. The minimum atomic E-state index is -0.719. The maximum absolute atomic E-state index is 13.5. The molecule has 184 valence electrons. The van der Waals surface area contributed by atoms with Gasteiger partial charge in [0.25, 0.3) is 5.91 Å². The number of amides is 2. The van der Waals surface area contributed by atoms with Crippen molar-refractivity contribution < 1.29 is 14.3 Å². The van der Waals surface area contributed by atoms with Gasteiger partial charge >= 0.3 is 0 Å². The molecule has 0 saturated heterocycles. The Morgan fingerprint density at radius 2 is 1.89 bits per heavy atom. The average Bonchev–Trinajstić information content (AvgIpc) is 3.33. The van der Waals surface area contributed by atoms with E-state index >= 15 is 0 Å². The van der Waals surface area contributed by atoms with Crippen molar-refractivity contribution in [2.24, 2.45) is 0 Å². The second kappa shape index (κ2) is 10.6. The van der Waals surface area contributed by atoms with Crippen molar-refractivity contribution in [1.29, 1.82) is 0 Å². The van der Waals surface area contributed by atoms with Crippen LogP contribution >= 0.6 is 11.3 Å². The summed E-state index contributed by atoms with van der Waals surface area (Å²) < 4.78 is 5.89. The monoisotopic (exact) mass is 491 g/mol. The van der Waals surface area contributed by atoms with Crippen molar-refractivity contribution in [3.05, 3.63) is 57.9 Å². The topological polar surface area (TPSA) is 71.5 Å². The number of hydrogen-bond acceptors (Lipinski definition) is 5. The minimum absolute atomic E-state index is 0.224. The Morgan fingerprint density at radius 3 is 2.54 bits per heavy atom. The van der Waals surface area contributed by atoms with E-state index in [9.17, 15) is 9.59 Å². The second-order valence-corrected chi connectivity index (χ2v) is 9.79.